The van der Waals surface area contributed by atoms with Crippen LogP contribution in [0.1, 0.15) is 11.3 Å². The molecule has 2 aromatic carbocycles. The van der Waals surface area contributed by atoms with E-state index in [-0.39, 0.29) is 5.56 Å². The van der Waals surface area contributed by atoms with Crippen molar-refractivity contribution < 1.29 is 4.74 Å². The molecule has 0 aliphatic heterocycles. The smallest absolute Gasteiger partial charge is 0.267 e. The number of methoxy groups -OCH3 is 1. The highest BCUT2D eigenvalue weighted by molar-refractivity contribution is 7.98. The minimum absolute atomic E-state index is 0.170. The van der Waals surface area contributed by atoms with Crippen LogP contribution in [-0.2, 0) is 5.75 Å². The molecule has 6 aromatic rings. The van der Waals surface area contributed by atoms with Gasteiger partial charge >= 0.3 is 0 Å². The van der Waals surface area contributed by atoms with E-state index in [1.54, 1.807) is 11.7 Å². The number of benzene rings is 2. The largest absolute Gasteiger partial charge is 0.495 e. The molecule has 0 amide bonds. The van der Waals surface area contributed by atoms with E-state index in [1.165, 1.54) is 11.8 Å². The average Bonchev–Trinajstić information content (AvgIpc) is 3.47. The van der Waals surface area contributed by atoms with E-state index in [2.05, 4.69) is 15.2 Å². The van der Waals surface area contributed by atoms with Gasteiger partial charge in [-0.05, 0) is 48.9 Å². The van der Waals surface area contributed by atoms with E-state index in [0.717, 1.165) is 22.4 Å². The van der Waals surface area contributed by atoms with Crippen molar-refractivity contribution in [1.29, 1.82) is 0 Å². The van der Waals surface area contributed by atoms with Crippen molar-refractivity contribution in [2.45, 2.75) is 17.8 Å². The number of fused-ring (bicyclic) bond motifs is 4. The summed E-state index contributed by atoms with van der Waals surface area (Å²) in [6.07, 6.45) is 3.99. The van der Waals surface area contributed by atoms with E-state index in [1.807, 2.05) is 88.8 Å². The molecule has 4 aromatic heterocycles. The summed E-state index contributed by atoms with van der Waals surface area (Å²) in [5.74, 6) is 1.64. The number of hydrogen-bond donors (Lipinski definition) is 0. The van der Waals surface area contributed by atoms with Crippen molar-refractivity contribution in [3.8, 4) is 11.4 Å². The zero-order chi connectivity index (χ0) is 23.2. The molecule has 168 valence electrons. The van der Waals surface area contributed by atoms with Gasteiger partial charge in [0.1, 0.15) is 11.4 Å². The normalized spacial score (nSPS) is 11.6. The molecule has 0 spiro atoms. The molecule has 0 radical (unpaired) electrons. The summed E-state index contributed by atoms with van der Waals surface area (Å²) in [6.45, 7) is 1.98. The fourth-order valence-electron chi connectivity index (χ4n) is 4.16. The lowest BCUT2D eigenvalue weighted by Crippen LogP contribution is -2.22. The third-order valence-corrected chi connectivity index (χ3v) is 6.70. The predicted octanol–water partition coefficient (Wildman–Crippen LogP) is 4.29. The molecule has 9 heteroatoms. The van der Waals surface area contributed by atoms with E-state index in [0.29, 0.717) is 33.5 Å². The fraction of sp³-hybridized carbons (Fsp3) is 0.120. The number of ether oxygens (including phenoxy) is 1. The van der Waals surface area contributed by atoms with Gasteiger partial charge in [0.25, 0.3) is 5.56 Å². The summed E-state index contributed by atoms with van der Waals surface area (Å²) in [5, 5.41) is 10.2. The standard InChI is InChI=1S/C25H20N6O2S/c1-16-10-11-21(33-2)20(13-16)30-23(32)18-7-3-4-8-19(18)31-24(30)27-28-25(31)34-15-17-14-29-12-6-5-9-22(29)26-17/h3-14H,15H2,1-2H3. The third-order valence-electron chi connectivity index (χ3n) is 5.73. The first kappa shape index (κ1) is 20.5. The Kier molecular flexibility index (Phi) is 4.84. The molecule has 34 heavy (non-hydrogen) atoms. The number of nitrogens with zero attached hydrogens (tertiary/aromatic N) is 6. The second-order valence-electron chi connectivity index (χ2n) is 7.94. The second kappa shape index (κ2) is 8.03. The third kappa shape index (κ3) is 3.24. The van der Waals surface area contributed by atoms with E-state index in [9.17, 15) is 4.79 Å². The molecular formula is C25H20N6O2S. The van der Waals surface area contributed by atoms with Crippen LogP contribution in [0.3, 0.4) is 0 Å². The number of rotatable bonds is 5. The second-order valence-corrected chi connectivity index (χ2v) is 8.88. The van der Waals surface area contributed by atoms with Crippen LogP contribution in [0.5, 0.6) is 5.75 Å². The highest BCUT2D eigenvalue weighted by Crippen LogP contribution is 2.29. The number of para-hydroxylation sites is 1. The van der Waals surface area contributed by atoms with Crippen molar-refractivity contribution in [2.75, 3.05) is 7.11 Å². The molecule has 0 saturated heterocycles. The van der Waals surface area contributed by atoms with Gasteiger partial charge in [-0.1, -0.05) is 36.0 Å². The zero-order valence-corrected chi connectivity index (χ0v) is 19.4. The van der Waals surface area contributed by atoms with Crippen LogP contribution in [0, 0.1) is 6.92 Å². The van der Waals surface area contributed by atoms with Crippen molar-refractivity contribution in [1.82, 2.24) is 28.5 Å². The Morgan fingerprint density at radius 2 is 1.88 bits per heavy atom. The van der Waals surface area contributed by atoms with Crippen LogP contribution in [0.25, 0.3) is 28.0 Å². The Morgan fingerprint density at radius 1 is 1.03 bits per heavy atom. The minimum atomic E-state index is -0.170. The Bertz CT molecular complexity index is 1720. The molecule has 4 heterocycles. The number of thioether (sulfide) groups is 1. The van der Waals surface area contributed by atoms with Crippen molar-refractivity contribution in [3.05, 3.63) is 94.7 Å². The van der Waals surface area contributed by atoms with Gasteiger partial charge in [0, 0.05) is 18.1 Å². The predicted molar refractivity (Wildman–Crippen MR) is 132 cm³/mol. The molecule has 0 bridgehead atoms. The maximum Gasteiger partial charge on any atom is 0.267 e. The molecule has 0 saturated carbocycles. The van der Waals surface area contributed by atoms with Crippen molar-refractivity contribution in [2.24, 2.45) is 0 Å². The summed E-state index contributed by atoms with van der Waals surface area (Å²) in [5.41, 5.74) is 4.06. The summed E-state index contributed by atoms with van der Waals surface area (Å²) < 4.78 is 11.1. The van der Waals surface area contributed by atoms with E-state index < -0.39 is 0 Å². The number of pyridine rings is 1. The number of aryl methyl sites for hydroxylation is 1. The van der Waals surface area contributed by atoms with Crippen LogP contribution in [0.2, 0.25) is 0 Å². The van der Waals surface area contributed by atoms with Gasteiger partial charge < -0.3 is 9.14 Å². The highest BCUT2D eigenvalue weighted by atomic mass is 32.2. The SMILES string of the molecule is COc1ccc(C)cc1-n1c(=O)c2ccccc2n2c(SCc3cn4ccccc4n3)nnc12. The first-order valence-corrected chi connectivity index (χ1v) is 11.7. The lowest BCUT2D eigenvalue weighted by molar-refractivity contribution is 0.412. The summed E-state index contributed by atoms with van der Waals surface area (Å²) >= 11 is 1.53. The molecule has 0 unspecified atom stereocenters. The van der Waals surface area contributed by atoms with Gasteiger partial charge in [-0.3, -0.25) is 9.20 Å². The molecule has 8 nitrogen and oxygen atoms in total. The molecule has 0 aliphatic rings. The first-order chi connectivity index (χ1) is 16.6. The lowest BCUT2D eigenvalue weighted by Gasteiger charge is -2.14. The Morgan fingerprint density at radius 3 is 2.74 bits per heavy atom. The van der Waals surface area contributed by atoms with Crippen LogP contribution in [0.4, 0.5) is 0 Å². The van der Waals surface area contributed by atoms with Crippen LogP contribution >= 0.6 is 11.8 Å². The van der Waals surface area contributed by atoms with Gasteiger partial charge in [-0.2, -0.15) is 0 Å². The molecule has 0 N–H and O–H groups in total. The number of hydrogen-bond acceptors (Lipinski definition) is 6. The minimum Gasteiger partial charge on any atom is -0.495 e. The Labute approximate surface area is 198 Å². The monoisotopic (exact) mass is 468 g/mol. The van der Waals surface area contributed by atoms with Gasteiger partial charge in [0.05, 0.1) is 29.4 Å². The summed E-state index contributed by atoms with van der Waals surface area (Å²) in [4.78, 5) is 18.3. The van der Waals surface area contributed by atoms with Gasteiger partial charge in [-0.15, -0.1) is 10.2 Å². The molecule has 0 fully saturated rings. The number of aromatic nitrogens is 6. The van der Waals surface area contributed by atoms with E-state index >= 15 is 0 Å². The zero-order valence-electron chi connectivity index (χ0n) is 18.5. The van der Waals surface area contributed by atoms with Gasteiger partial charge in [0.2, 0.25) is 5.78 Å². The maximum absolute atomic E-state index is 13.6. The average molecular weight is 469 g/mol. The van der Waals surface area contributed by atoms with Crippen LogP contribution < -0.4 is 10.3 Å². The number of imidazole rings is 1. The van der Waals surface area contributed by atoms with E-state index in [4.69, 9.17) is 4.74 Å². The lowest BCUT2D eigenvalue weighted by atomic mass is 10.2. The molecule has 6 rings (SSSR count). The van der Waals surface area contributed by atoms with Crippen molar-refractivity contribution >= 4 is 34.1 Å². The summed E-state index contributed by atoms with van der Waals surface area (Å²) in [6, 6.07) is 19.2. The molecular weight excluding hydrogens is 448 g/mol. The summed E-state index contributed by atoms with van der Waals surface area (Å²) in [7, 11) is 1.59. The molecule has 0 aliphatic carbocycles. The van der Waals surface area contributed by atoms with Gasteiger partial charge in [0.15, 0.2) is 5.16 Å². The maximum atomic E-state index is 13.6. The topological polar surface area (TPSA) is 78.7 Å². The van der Waals surface area contributed by atoms with Gasteiger partial charge in [-0.25, -0.2) is 9.55 Å². The molecule has 0 atom stereocenters. The van der Waals surface area contributed by atoms with Crippen molar-refractivity contribution in [3.63, 3.8) is 0 Å². The Balaban J connectivity index is 1.54. The Hall–Kier alpha value is -4.11. The highest BCUT2D eigenvalue weighted by Gasteiger charge is 2.20. The first-order valence-electron chi connectivity index (χ1n) is 10.7. The quantitative estimate of drug-likeness (QED) is 0.351. The van der Waals surface area contributed by atoms with Crippen LogP contribution in [-0.4, -0.2) is 35.7 Å². The fourth-order valence-corrected chi connectivity index (χ4v) is 4.98. The van der Waals surface area contributed by atoms with Crippen LogP contribution in [0.15, 0.2) is 83.0 Å².